The molecule has 2 fully saturated rings. The number of nitrogens with zero attached hydrogens (tertiary/aromatic N) is 3. The van der Waals surface area contributed by atoms with Crippen LogP contribution in [-0.2, 0) is 16.1 Å². The van der Waals surface area contributed by atoms with Gasteiger partial charge in [-0.25, -0.2) is 0 Å². The molecule has 2 saturated heterocycles. The van der Waals surface area contributed by atoms with Crippen molar-refractivity contribution in [3.8, 4) is 0 Å². The van der Waals surface area contributed by atoms with Crippen LogP contribution in [-0.4, -0.2) is 59.6 Å². The summed E-state index contributed by atoms with van der Waals surface area (Å²) in [6.45, 7) is 1.23. The topological polar surface area (TPSA) is 45.7 Å². The van der Waals surface area contributed by atoms with Crippen LogP contribution in [0.2, 0.25) is 0 Å². The summed E-state index contributed by atoms with van der Waals surface area (Å²) in [7, 11) is 3.78. The third-order valence-electron chi connectivity index (χ3n) is 4.89. The van der Waals surface area contributed by atoms with Crippen molar-refractivity contribution in [2.45, 2.75) is 50.4 Å². The van der Waals surface area contributed by atoms with E-state index in [9.17, 15) is 4.79 Å². The Labute approximate surface area is 132 Å². The van der Waals surface area contributed by atoms with E-state index in [2.05, 4.69) is 14.8 Å². The third kappa shape index (κ3) is 3.31. The van der Waals surface area contributed by atoms with Gasteiger partial charge in [0, 0.05) is 38.1 Å². The Kier molecular flexibility index (Phi) is 4.74. The van der Waals surface area contributed by atoms with Crippen LogP contribution in [0.4, 0.5) is 0 Å². The normalized spacial score (nSPS) is 27.4. The Bertz CT molecular complexity index is 494. The quantitative estimate of drug-likeness (QED) is 0.830. The molecule has 1 aromatic rings. The van der Waals surface area contributed by atoms with E-state index in [1.54, 1.807) is 13.3 Å². The number of methoxy groups -OCH3 is 1. The Morgan fingerprint density at radius 1 is 1.41 bits per heavy atom. The number of pyridine rings is 1. The van der Waals surface area contributed by atoms with E-state index in [4.69, 9.17) is 4.74 Å². The summed E-state index contributed by atoms with van der Waals surface area (Å²) >= 11 is 0. The molecule has 0 aliphatic carbocycles. The predicted molar refractivity (Wildman–Crippen MR) is 84.3 cm³/mol. The van der Waals surface area contributed by atoms with Crippen molar-refractivity contribution in [1.29, 1.82) is 0 Å². The van der Waals surface area contributed by atoms with Gasteiger partial charge >= 0.3 is 0 Å². The molecule has 0 N–H and O–H groups in total. The average Bonchev–Trinajstić information content (AvgIpc) is 2.78. The lowest BCUT2D eigenvalue weighted by Crippen LogP contribution is -2.51. The van der Waals surface area contributed by atoms with E-state index < -0.39 is 0 Å². The molecule has 1 unspecified atom stereocenters. The van der Waals surface area contributed by atoms with Crippen LogP contribution in [0.1, 0.15) is 31.2 Å². The van der Waals surface area contributed by atoms with Gasteiger partial charge in [-0.1, -0.05) is 6.07 Å². The molecule has 3 heterocycles. The van der Waals surface area contributed by atoms with Gasteiger partial charge in [-0.3, -0.25) is 14.7 Å². The maximum atomic E-state index is 12.7. The fourth-order valence-corrected chi connectivity index (χ4v) is 3.90. The van der Waals surface area contributed by atoms with Gasteiger partial charge in [0.1, 0.15) is 0 Å². The molecular weight excluding hydrogens is 278 g/mol. The summed E-state index contributed by atoms with van der Waals surface area (Å²) < 4.78 is 5.50. The Balaban J connectivity index is 1.56. The lowest BCUT2D eigenvalue weighted by atomic mass is 9.99. The second-order valence-electron chi connectivity index (χ2n) is 6.55. The lowest BCUT2D eigenvalue weighted by Gasteiger charge is -2.39. The maximum absolute atomic E-state index is 12.7. The van der Waals surface area contributed by atoms with E-state index in [0.29, 0.717) is 24.7 Å². The fraction of sp³-hybridized carbons (Fsp3) is 0.647. The molecule has 5 nitrogen and oxygen atoms in total. The molecule has 3 rings (SSSR count). The number of likely N-dealkylation sites (N-methyl/N-ethyl adjacent to an activating group) is 1. The molecule has 5 heteroatoms. The molecule has 0 saturated carbocycles. The van der Waals surface area contributed by atoms with Gasteiger partial charge in [0.05, 0.1) is 12.6 Å². The zero-order valence-electron chi connectivity index (χ0n) is 13.4. The van der Waals surface area contributed by atoms with Gasteiger partial charge in [-0.2, -0.15) is 0 Å². The molecule has 2 bridgehead atoms. The number of carbonyl (C=O) groups is 1. The van der Waals surface area contributed by atoms with Crippen molar-refractivity contribution in [2.24, 2.45) is 0 Å². The van der Waals surface area contributed by atoms with Gasteiger partial charge in [0.2, 0.25) is 5.91 Å². The number of ether oxygens (including phenoxy) is 1. The minimum atomic E-state index is 0.258. The van der Waals surface area contributed by atoms with E-state index in [0.717, 1.165) is 37.8 Å². The minimum absolute atomic E-state index is 0.258. The van der Waals surface area contributed by atoms with E-state index in [1.165, 1.54) is 0 Å². The second-order valence-corrected chi connectivity index (χ2v) is 6.55. The standard InChI is InChI=1S/C17H25N3O2/c1-19(11-13-4-3-7-18-10-13)12-17(21)20-14-5-6-15(20)9-16(8-14)22-2/h3-4,7,10,14-16H,5-6,8-9,11-12H2,1-2H3/t14-,15+,16?. The summed E-state index contributed by atoms with van der Waals surface area (Å²) in [5.41, 5.74) is 1.14. The first-order valence-electron chi connectivity index (χ1n) is 8.08. The zero-order chi connectivity index (χ0) is 15.5. The van der Waals surface area contributed by atoms with Crippen LogP contribution in [0.5, 0.6) is 0 Å². The summed E-state index contributed by atoms with van der Waals surface area (Å²) in [5, 5.41) is 0. The van der Waals surface area contributed by atoms with E-state index >= 15 is 0 Å². The van der Waals surface area contributed by atoms with Crippen LogP contribution in [0, 0.1) is 0 Å². The highest BCUT2D eigenvalue weighted by Crippen LogP contribution is 2.36. The Morgan fingerprint density at radius 3 is 2.73 bits per heavy atom. The van der Waals surface area contributed by atoms with Crippen molar-refractivity contribution in [3.63, 3.8) is 0 Å². The largest absolute Gasteiger partial charge is 0.381 e. The number of rotatable bonds is 5. The SMILES string of the molecule is COC1C[C@H]2CC[C@@H](C1)N2C(=O)CN(C)Cc1cccnc1. The van der Waals surface area contributed by atoms with Crippen LogP contribution < -0.4 is 0 Å². The maximum Gasteiger partial charge on any atom is 0.237 e. The van der Waals surface area contributed by atoms with Crippen LogP contribution in [0.15, 0.2) is 24.5 Å². The van der Waals surface area contributed by atoms with Crippen molar-refractivity contribution in [3.05, 3.63) is 30.1 Å². The molecule has 0 radical (unpaired) electrons. The van der Waals surface area contributed by atoms with Gasteiger partial charge in [-0.05, 0) is 44.4 Å². The van der Waals surface area contributed by atoms with Crippen molar-refractivity contribution < 1.29 is 9.53 Å². The number of piperidine rings is 1. The minimum Gasteiger partial charge on any atom is -0.381 e. The Hall–Kier alpha value is -1.46. The first-order valence-corrected chi connectivity index (χ1v) is 8.08. The molecular formula is C17H25N3O2. The van der Waals surface area contributed by atoms with Gasteiger partial charge in [-0.15, -0.1) is 0 Å². The third-order valence-corrected chi connectivity index (χ3v) is 4.89. The van der Waals surface area contributed by atoms with Gasteiger partial charge in [0.25, 0.3) is 0 Å². The fourth-order valence-electron chi connectivity index (χ4n) is 3.90. The van der Waals surface area contributed by atoms with Crippen molar-refractivity contribution >= 4 is 5.91 Å². The van der Waals surface area contributed by atoms with Crippen molar-refractivity contribution in [2.75, 3.05) is 20.7 Å². The summed E-state index contributed by atoms with van der Waals surface area (Å²) in [5.74, 6) is 0.258. The number of amides is 1. The monoisotopic (exact) mass is 303 g/mol. The molecule has 2 aliphatic rings. The van der Waals surface area contributed by atoms with Gasteiger partial charge in [0.15, 0.2) is 0 Å². The number of hydrogen-bond acceptors (Lipinski definition) is 4. The summed E-state index contributed by atoms with van der Waals surface area (Å²) in [6, 6.07) is 4.73. The second kappa shape index (κ2) is 6.75. The molecule has 0 spiro atoms. The van der Waals surface area contributed by atoms with Gasteiger partial charge < -0.3 is 9.64 Å². The first-order chi connectivity index (χ1) is 10.7. The van der Waals surface area contributed by atoms with Crippen molar-refractivity contribution in [1.82, 2.24) is 14.8 Å². The number of aromatic nitrogens is 1. The highest BCUT2D eigenvalue weighted by Gasteiger charge is 2.43. The molecule has 1 amide bonds. The number of carbonyl (C=O) groups excluding carboxylic acids is 1. The number of fused-ring (bicyclic) bond motifs is 2. The molecule has 3 atom stereocenters. The highest BCUT2D eigenvalue weighted by atomic mass is 16.5. The smallest absolute Gasteiger partial charge is 0.237 e. The van der Waals surface area contributed by atoms with Crippen LogP contribution in [0.25, 0.3) is 0 Å². The van der Waals surface area contributed by atoms with Crippen LogP contribution >= 0.6 is 0 Å². The first kappa shape index (κ1) is 15.4. The zero-order valence-corrected chi connectivity index (χ0v) is 13.4. The van der Waals surface area contributed by atoms with E-state index in [1.807, 2.05) is 25.4 Å². The summed E-state index contributed by atoms with van der Waals surface area (Å²) in [4.78, 5) is 21.0. The molecule has 2 aliphatic heterocycles. The Morgan fingerprint density at radius 2 is 2.14 bits per heavy atom. The molecule has 0 aromatic carbocycles. The van der Waals surface area contributed by atoms with E-state index in [-0.39, 0.29) is 5.91 Å². The highest BCUT2D eigenvalue weighted by molar-refractivity contribution is 5.79. The molecule has 22 heavy (non-hydrogen) atoms. The number of hydrogen-bond donors (Lipinski definition) is 0. The predicted octanol–water partition coefficient (Wildman–Crippen LogP) is 1.68. The van der Waals surface area contributed by atoms with Crippen LogP contribution in [0.3, 0.4) is 0 Å². The average molecular weight is 303 g/mol. The lowest BCUT2D eigenvalue weighted by molar-refractivity contribution is -0.139. The molecule has 1 aromatic heterocycles. The summed E-state index contributed by atoms with van der Waals surface area (Å²) in [6.07, 6.45) is 8.19. The molecule has 120 valence electrons.